The third-order valence-corrected chi connectivity index (χ3v) is 3.69. The number of benzene rings is 1. The average molecular weight is 232 g/mol. The molecule has 1 unspecified atom stereocenters. The lowest BCUT2D eigenvalue weighted by Crippen LogP contribution is -2.41. The maximum Gasteiger partial charge on any atom is 0.0371 e. The molecule has 17 heavy (non-hydrogen) atoms. The van der Waals surface area contributed by atoms with Crippen LogP contribution in [0.5, 0.6) is 0 Å². The summed E-state index contributed by atoms with van der Waals surface area (Å²) in [5, 5.41) is 3.27. The van der Waals surface area contributed by atoms with E-state index in [0.29, 0.717) is 0 Å². The van der Waals surface area contributed by atoms with Crippen LogP contribution in [-0.4, -0.2) is 26.2 Å². The van der Waals surface area contributed by atoms with Crippen LogP contribution in [0.2, 0.25) is 0 Å². The number of anilines is 1. The van der Waals surface area contributed by atoms with Gasteiger partial charge in [0.2, 0.25) is 0 Å². The lowest BCUT2D eigenvalue weighted by atomic mass is 9.98. The summed E-state index contributed by atoms with van der Waals surface area (Å²) < 4.78 is 0. The minimum Gasteiger partial charge on any atom is -0.368 e. The Balaban J connectivity index is 2.10. The minimum absolute atomic E-state index is 0.720. The number of rotatable bonds is 4. The lowest BCUT2D eigenvalue weighted by Gasteiger charge is -2.38. The van der Waals surface area contributed by atoms with Gasteiger partial charge in [-0.25, -0.2) is 0 Å². The summed E-state index contributed by atoms with van der Waals surface area (Å²) in [5.41, 5.74) is 2.77. The second-order valence-electron chi connectivity index (χ2n) is 5.07. The van der Waals surface area contributed by atoms with Gasteiger partial charge in [0.05, 0.1) is 0 Å². The quantitative estimate of drug-likeness (QED) is 0.858. The Labute approximate surface area is 105 Å². The van der Waals surface area contributed by atoms with E-state index in [1.165, 1.54) is 43.5 Å². The van der Waals surface area contributed by atoms with E-state index in [-0.39, 0.29) is 0 Å². The van der Waals surface area contributed by atoms with Gasteiger partial charge < -0.3 is 10.2 Å². The highest BCUT2D eigenvalue weighted by Crippen LogP contribution is 2.26. The van der Waals surface area contributed by atoms with Crippen molar-refractivity contribution in [3.8, 4) is 0 Å². The number of nitrogens with one attached hydrogen (secondary N) is 1. The maximum absolute atomic E-state index is 3.27. The zero-order valence-electron chi connectivity index (χ0n) is 11.1. The van der Waals surface area contributed by atoms with Crippen LogP contribution >= 0.6 is 0 Å². The Morgan fingerprint density at radius 3 is 3.00 bits per heavy atom. The first-order valence-corrected chi connectivity index (χ1v) is 6.79. The van der Waals surface area contributed by atoms with E-state index in [4.69, 9.17) is 0 Å². The molecular weight excluding hydrogens is 208 g/mol. The molecule has 0 saturated carbocycles. The first-order chi connectivity index (χ1) is 8.31. The molecule has 0 radical (unpaired) electrons. The van der Waals surface area contributed by atoms with Crippen LogP contribution < -0.4 is 10.2 Å². The predicted octanol–water partition coefficient (Wildman–Crippen LogP) is 2.96. The van der Waals surface area contributed by atoms with Gasteiger partial charge in [0.1, 0.15) is 0 Å². The topological polar surface area (TPSA) is 15.3 Å². The van der Waals surface area contributed by atoms with Crippen molar-refractivity contribution in [1.29, 1.82) is 0 Å². The molecule has 1 N–H and O–H groups in total. The summed E-state index contributed by atoms with van der Waals surface area (Å²) >= 11 is 0. The Morgan fingerprint density at radius 1 is 1.35 bits per heavy atom. The van der Waals surface area contributed by atoms with Crippen molar-refractivity contribution in [1.82, 2.24) is 5.32 Å². The van der Waals surface area contributed by atoms with Crippen LogP contribution in [0.15, 0.2) is 24.3 Å². The summed E-state index contributed by atoms with van der Waals surface area (Å²) in [5.74, 6) is 0. The highest BCUT2D eigenvalue weighted by Gasteiger charge is 2.21. The van der Waals surface area contributed by atoms with Crippen molar-refractivity contribution in [2.24, 2.45) is 0 Å². The number of hydrogen-bond acceptors (Lipinski definition) is 2. The van der Waals surface area contributed by atoms with Crippen LogP contribution in [0, 0.1) is 6.92 Å². The predicted molar refractivity (Wildman–Crippen MR) is 74.7 cm³/mol. The molecule has 1 fully saturated rings. The smallest absolute Gasteiger partial charge is 0.0371 e. The van der Waals surface area contributed by atoms with E-state index in [9.17, 15) is 0 Å². The third-order valence-electron chi connectivity index (χ3n) is 3.69. The second-order valence-corrected chi connectivity index (χ2v) is 5.07. The van der Waals surface area contributed by atoms with Gasteiger partial charge in [-0.15, -0.1) is 0 Å². The summed E-state index contributed by atoms with van der Waals surface area (Å²) in [6.07, 6.45) is 5.32. The van der Waals surface area contributed by atoms with Gasteiger partial charge in [-0.05, 0) is 63.9 Å². The summed E-state index contributed by atoms with van der Waals surface area (Å²) in [6.45, 7) is 4.51. The van der Waals surface area contributed by atoms with Gasteiger partial charge in [0.25, 0.3) is 0 Å². The highest BCUT2D eigenvalue weighted by atomic mass is 15.2. The summed E-state index contributed by atoms with van der Waals surface area (Å²) in [7, 11) is 2.04. The van der Waals surface area contributed by atoms with Crippen molar-refractivity contribution in [3.63, 3.8) is 0 Å². The second kappa shape index (κ2) is 6.06. The van der Waals surface area contributed by atoms with Crippen molar-refractivity contribution >= 4 is 5.69 Å². The van der Waals surface area contributed by atoms with Gasteiger partial charge in [-0.3, -0.25) is 0 Å². The van der Waals surface area contributed by atoms with Crippen LogP contribution in [0.1, 0.15) is 31.2 Å². The minimum atomic E-state index is 0.720. The normalized spacial score (nSPS) is 20.6. The first kappa shape index (κ1) is 12.4. The van der Waals surface area contributed by atoms with E-state index < -0.39 is 0 Å². The molecule has 1 heterocycles. The van der Waals surface area contributed by atoms with E-state index in [1.807, 2.05) is 7.05 Å². The molecule has 2 heteroatoms. The van der Waals surface area contributed by atoms with Crippen molar-refractivity contribution < 1.29 is 0 Å². The first-order valence-electron chi connectivity index (χ1n) is 6.79. The standard InChI is InChI=1S/C15H24N2/c1-13-6-5-8-15(12-13)17-11-4-3-7-14(17)9-10-16-2/h5-6,8,12,14,16H,3-4,7,9-11H2,1-2H3. The van der Waals surface area contributed by atoms with E-state index in [0.717, 1.165) is 12.6 Å². The lowest BCUT2D eigenvalue weighted by molar-refractivity contribution is 0.433. The van der Waals surface area contributed by atoms with Gasteiger partial charge in [0.15, 0.2) is 0 Å². The van der Waals surface area contributed by atoms with Crippen LogP contribution in [0.4, 0.5) is 5.69 Å². The van der Waals surface area contributed by atoms with Gasteiger partial charge in [-0.1, -0.05) is 12.1 Å². The zero-order chi connectivity index (χ0) is 12.1. The molecule has 1 aromatic carbocycles. The van der Waals surface area contributed by atoms with Crippen molar-refractivity contribution in [2.75, 3.05) is 25.0 Å². The molecule has 2 nitrogen and oxygen atoms in total. The fourth-order valence-electron chi connectivity index (χ4n) is 2.76. The Kier molecular flexibility index (Phi) is 4.43. The van der Waals surface area contributed by atoms with Gasteiger partial charge >= 0.3 is 0 Å². The Bertz CT molecular complexity index is 349. The molecule has 94 valence electrons. The molecule has 1 saturated heterocycles. The fraction of sp³-hybridized carbons (Fsp3) is 0.600. The molecule has 0 spiro atoms. The van der Waals surface area contributed by atoms with Crippen LogP contribution in [-0.2, 0) is 0 Å². The van der Waals surface area contributed by atoms with Crippen LogP contribution in [0.3, 0.4) is 0 Å². The van der Waals surface area contributed by atoms with Gasteiger partial charge in [0, 0.05) is 18.3 Å². The molecule has 1 aliphatic rings. The van der Waals surface area contributed by atoms with Crippen molar-refractivity contribution in [3.05, 3.63) is 29.8 Å². The van der Waals surface area contributed by atoms with Crippen LogP contribution in [0.25, 0.3) is 0 Å². The Hall–Kier alpha value is -1.02. The number of nitrogens with zero attached hydrogens (tertiary/aromatic N) is 1. The molecular formula is C15H24N2. The molecule has 0 bridgehead atoms. The highest BCUT2D eigenvalue weighted by molar-refractivity contribution is 5.49. The Morgan fingerprint density at radius 2 is 2.24 bits per heavy atom. The van der Waals surface area contributed by atoms with E-state index in [1.54, 1.807) is 0 Å². The molecule has 1 atom stereocenters. The van der Waals surface area contributed by atoms with Crippen molar-refractivity contribution in [2.45, 2.75) is 38.6 Å². The van der Waals surface area contributed by atoms with Gasteiger partial charge in [-0.2, -0.15) is 0 Å². The molecule has 0 amide bonds. The summed E-state index contributed by atoms with van der Waals surface area (Å²) in [6, 6.07) is 9.64. The molecule has 1 aromatic rings. The average Bonchev–Trinajstić information content (AvgIpc) is 2.37. The molecule has 2 rings (SSSR count). The number of piperidine rings is 1. The number of hydrogen-bond donors (Lipinski definition) is 1. The van der Waals surface area contributed by atoms with E-state index >= 15 is 0 Å². The summed E-state index contributed by atoms with van der Waals surface area (Å²) in [4.78, 5) is 2.60. The third kappa shape index (κ3) is 3.22. The molecule has 0 aliphatic carbocycles. The monoisotopic (exact) mass is 232 g/mol. The zero-order valence-corrected chi connectivity index (χ0v) is 11.1. The largest absolute Gasteiger partial charge is 0.368 e. The molecule has 0 aromatic heterocycles. The number of aryl methyl sites for hydroxylation is 1. The SMILES string of the molecule is CNCCC1CCCCN1c1cccc(C)c1. The molecule has 1 aliphatic heterocycles. The fourth-order valence-corrected chi connectivity index (χ4v) is 2.76. The maximum atomic E-state index is 3.27. The van der Waals surface area contributed by atoms with E-state index in [2.05, 4.69) is 41.4 Å².